The normalized spacial score (nSPS) is 15.6. The van der Waals surface area contributed by atoms with Gasteiger partial charge in [0, 0.05) is 0 Å². The Labute approximate surface area is 164 Å². The molecule has 0 saturated carbocycles. The molecule has 1 aromatic heterocycles. The molecule has 2 aromatic rings. The quantitative estimate of drug-likeness (QED) is 0.524. The molecule has 11 heteroatoms. The molecule has 0 bridgehead atoms. The summed E-state index contributed by atoms with van der Waals surface area (Å²) in [7, 11) is 0. The Kier molecular flexibility index (Phi) is 5.54. The molecular weight excluding hydrogens is 386 g/mol. The van der Waals surface area contributed by atoms with Gasteiger partial charge in [0.1, 0.15) is 23.1 Å². The summed E-state index contributed by atoms with van der Waals surface area (Å²) in [6, 6.07) is 4.50. The molecule has 1 fully saturated rings. The minimum absolute atomic E-state index is 0.416. The van der Waals surface area contributed by atoms with Crippen molar-refractivity contribution in [2.24, 2.45) is 0 Å². The number of ether oxygens (including phenoxy) is 1. The number of imide groups is 1. The van der Waals surface area contributed by atoms with E-state index in [9.17, 15) is 19.2 Å². The maximum absolute atomic E-state index is 12.5. The largest absolute Gasteiger partial charge is 0.454 e. The highest BCUT2D eigenvalue weighted by atomic mass is 32.1. The predicted molar refractivity (Wildman–Crippen MR) is 101 cm³/mol. The molecule has 4 amide bonds. The number of hydrogen-bond donors (Lipinski definition) is 2. The van der Waals surface area contributed by atoms with Gasteiger partial charge in [-0.05, 0) is 25.0 Å². The highest BCUT2D eigenvalue weighted by molar-refractivity contribution is 7.00. The van der Waals surface area contributed by atoms with Gasteiger partial charge < -0.3 is 15.4 Å². The fourth-order valence-electron chi connectivity index (χ4n) is 2.96. The fraction of sp³-hybridized carbons (Fsp3) is 0.412. The lowest BCUT2D eigenvalue weighted by atomic mass is 9.93. The van der Waals surface area contributed by atoms with Crippen molar-refractivity contribution in [3.8, 4) is 0 Å². The van der Waals surface area contributed by atoms with Gasteiger partial charge >= 0.3 is 12.0 Å². The average molecular weight is 405 g/mol. The van der Waals surface area contributed by atoms with Crippen LogP contribution in [-0.2, 0) is 19.1 Å². The zero-order valence-corrected chi connectivity index (χ0v) is 16.2. The van der Waals surface area contributed by atoms with Gasteiger partial charge in [0.15, 0.2) is 6.61 Å². The standard InChI is InChI=1S/C17H19N5O5S/c1-3-17(4-2)15(25)22(16(26)19-17)8-13(24)27-9-12(23)18-10-6-5-7-11-14(10)21-28-20-11/h5-7H,3-4,8-9H2,1-2H3,(H,18,23)(H,19,26). The van der Waals surface area contributed by atoms with Crippen LogP contribution in [0.25, 0.3) is 11.0 Å². The number of esters is 1. The summed E-state index contributed by atoms with van der Waals surface area (Å²) in [5.41, 5.74) is 0.655. The Balaban J connectivity index is 1.54. The summed E-state index contributed by atoms with van der Waals surface area (Å²) in [5.74, 6) is -1.88. The van der Waals surface area contributed by atoms with Crippen molar-refractivity contribution < 1.29 is 23.9 Å². The van der Waals surface area contributed by atoms with Crippen LogP contribution < -0.4 is 10.6 Å². The second kappa shape index (κ2) is 7.89. The minimum atomic E-state index is -0.991. The lowest BCUT2D eigenvalue weighted by Crippen LogP contribution is -2.46. The first-order chi connectivity index (χ1) is 13.4. The third kappa shape index (κ3) is 3.65. The smallest absolute Gasteiger partial charge is 0.326 e. The molecule has 0 unspecified atom stereocenters. The second-order valence-electron chi connectivity index (χ2n) is 6.26. The van der Waals surface area contributed by atoms with Gasteiger partial charge in [0.05, 0.1) is 17.4 Å². The van der Waals surface area contributed by atoms with E-state index in [1.54, 1.807) is 32.0 Å². The first-order valence-corrected chi connectivity index (χ1v) is 9.44. The molecule has 1 aromatic carbocycles. The molecule has 10 nitrogen and oxygen atoms in total. The third-order valence-electron chi connectivity index (χ3n) is 4.66. The maximum Gasteiger partial charge on any atom is 0.326 e. The Bertz CT molecular complexity index is 939. The summed E-state index contributed by atoms with van der Waals surface area (Å²) in [4.78, 5) is 49.4. The monoisotopic (exact) mass is 405 g/mol. The average Bonchev–Trinajstić information content (AvgIpc) is 3.26. The van der Waals surface area contributed by atoms with E-state index in [0.717, 1.165) is 16.6 Å². The topological polar surface area (TPSA) is 131 Å². The summed E-state index contributed by atoms with van der Waals surface area (Å²) in [6.07, 6.45) is 0.831. The van der Waals surface area contributed by atoms with E-state index in [0.29, 0.717) is 29.6 Å². The molecule has 2 heterocycles. The van der Waals surface area contributed by atoms with Crippen LogP contribution in [0, 0.1) is 0 Å². The van der Waals surface area contributed by atoms with Gasteiger partial charge in [0.2, 0.25) is 0 Å². The summed E-state index contributed by atoms with van der Waals surface area (Å²) < 4.78 is 13.1. The fourth-order valence-corrected chi connectivity index (χ4v) is 3.51. The van der Waals surface area contributed by atoms with Crippen LogP contribution in [0.15, 0.2) is 18.2 Å². The van der Waals surface area contributed by atoms with Gasteiger partial charge in [-0.2, -0.15) is 8.75 Å². The van der Waals surface area contributed by atoms with Crippen LogP contribution >= 0.6 is 11.7 Å². The molecule has 1 aliphatic rings. The number of carbonyl (C=O) groups excluding carboxylic acids is 4. The van der Waals surface area contributed by atoms with Crippen LogP contribution in [0.3, 0.4) is 0 Å². The molecule has 0 spiro atoms. The summed E-state index contributed by atoms with van der Waals surface area (Å²) in [6.45, 7) is 2.47. The van der Waals surface area contributed by atoms with E-state index in [2.05, 4.69) is 19.4 Å². The molecule has 2 N–H and O–H groups in total. The predicted octanol–water partition coefficient (Wildman–Crippen LogP) is 1.28. The Morgan fingerprint density at radius 2 is 2.00 bits per heavy atom. The summed E-state index contributed by atoms with van der Waals surface area (Å²) in [5, 5.41) is 5.22. The van der Waals surface area contributed by atoms with Crippen LogP contribution in [-0.4, -0.2) is 56.2 Å². The Morgan fingerprint density at radius 3 is 2.68 bits per heavy atom. The number of rotatable bonds is 7. The van der Waals surface area contributed by atoms with E-state index in [1.807, 2.05) is 0 Å². The molecular formula is C17H19N5O5S. The third-order valence-corrected chi connectivity index (χ3v) is 5.21. The lowest BCUT2D eigenvalue weighted by molar-refractivity contribution is -0.150. The molecule has 0 radical (unpaired) electrons. The van der Waals surface area contributed by atoms with Crippen LogP contribution in [0.4, 0.5) is 10.5 Å². The van der Waals surface area contributed by atoms with Gasteiger partial charge in [-0.3, -0.25) is 19.3 Å². The molecule has 1 saturated heterocycles. The highest BCUT2D eigenvalue weighted by Gasteiger charge is 2.49. The Morgan fingerprint density at radius 1 is 1.25 bits per heavy atom. The van der Waals surface area contributed by atoms with E-state index in [-0.39, 0.29) is 0 Å². The van der Waals surface area contributed by atoms with Crippen LogP contribution in [0.1, 0.15) is 26.7 Å². The molecule has 0 aliphatic carbocycles. The Hall–Kier alpha value is -3.08. The number of hydrogen-bond acceptors (Lipinski definition) is 8. The maximum atomic E-state index is 12.5. The number of anilines is 1. The lowest BCUT2D eigenvalue weighted by Gasteiger charge is -2.22. The van der Waals surface area contributed by atoms with E-state index in [1.165, 1.54) is 0 Å². The number of fused-ring (bicyclic) bond motifs is 1. The van der Waals surface area contributed by atoms with Crippen molar-refractivity contribution in [1.82, 2.24) is 19.0 Å². The molecule has 0 atom stereocenters. The van der Waals surface area contributed by atoms with Crippen molar-refractivity contribution in [3.05, 3.63) is 18.2 Å². The zero-order valence-electron chi connectivity index (χ0n) is 15.4. The van der Waals surface area contributed by atoms with Gasteiger partial charge in [-0.25, -0.2) is 4.79 Å². The van der Waals surface area contributed by atoms with Crippen LogP contribution in [0.2, 0.25) is 0 Å². The number of benzene rings is 1. The van der Waals surface area contributed by atoms with E-state index < -0.39 is 42.5 Å². The number of nitrogens with one attached hydrogen (secondary N) is 2. The van der Waals surface area contributed by atoms with Crippen molar-refractivity contribution in [2.45, 2.75) is 32.2 Å². The number of aromatic nitrogens is 2. The SMILES string of the molecule is CCC1(CC)NC(=O)N(CC(=O)OCC(=O)Nc2cccc3nsnc23)C1=O. The second-order valence-corrected chi connectivity index (χ2v) is 6.79. The number of amides is 4. The molecule has 1 aliphatic heterocycles. The summed E-state index contributed by atoms with van der Waals surface area (Å²) >= 11 is 1.02. The van der Waals surface area contributed by atoms with Gasteiger partial charge in [0.25, 0.3) is 11.8 Å². The zero-order chi connectivity index (χ0) is 20.3. The molecule has 3 rings (SSSR count). The van der Waals surface area contributed by atoms with Crippen molar-refractivity contribution >= 4 is 52.3 Å². The van der Waals surface area contributed by atoms with Gasteiger partial charge in [-0.1, -0.05) is 19.9 Å². The van der Waals surface area contributed by atoms with Crippen molar-refractivity contribution in [2.75, 3.05) is 18.5 Å². The van der Waals surface area contributed by atoms with Crippen molar-refractivity contribution in [1.29, 1.82) is 0 Å². The number of nitrogens with zero attached hydrogens (tertiary/aromatic N) is 3. The number of carbonyl (C=O) groups is 4. The number of urea groups is 1. The molecule has 28 heavy (non-hydrogen) atoms. The minimum Gasteiger partial charge on any atom is -0.454 e. The van der Waals surface area contributed by atoms with E-state index in [4.69, 9.17) is 4.74 Å². The highest BCUT2D eigenvalue weighted by Crippen LogP contribution is 2.24. The first kappa shape index (κ1) is 19.7. The van der Waals surface area contributed by atoms with E-state index >= 15 is 0 Å². The first-order valence-electron chi connectivity index (χ1n) is 8.71. The van der Waals surface area contributed by atoms with Gasteiger partial charge in [-0.15, -0.1) is 0 Å². The van der Waals surface area contributed by atoms with Crippen molar-refractivity contribution in [3.63, 3.8) is 0 Å². The molecule has 148 valence electrons. The van der Waals surface area contributed by atoms with Crippen LogP contribution in [0.5, 0.6) is 0 Å².